The van der Waals surface area contributed by atoms with Crippen molar-refractivity contribution in [3.8, 4) is 0 Å². The molecular weight excluding hydrogens is 311 g/mol. The molecule has 2 aromatic heterocycles. The monoisotopic (exact) mass is 330 g/mol. The lowest BCUT2D eigenvalue weighted by Gasteiger charge is -2.06. The third-order valence-electron chi connectivity index (χ3n) is 3.70. The molecule has 24 heavy (non-hydrogen) atoms. The molecule has 2 N–H and O–H groups in total. The first-order chi connectivity index (χ1) is 11.5. The van der Waals surface area contributed by atoms with Crippen molar-refractivity contribution in [2.75, 3.05) is 6.54 Å². The fourth-order valence-electron chi connectivity index (χ4n) is 2.41. The third-order valence-corrected chi connectivity index (χ3v) is 3.70. The van der Waals surface area contributed by atoms with Gasteiger partial charge in [0.05, 0.1) is 5.52 Å². The summed E-state index contributed by atoms with van der Waals surface area (Å²) >= 11 is 0. The van der Waals surface area contributed by atoms with Gasteiger partial charge in [-0.25, -0.2) is 4.39 Å². The van der Waals surface area contributed by atoms with E-state index in [4.69, 9.17) is 4.52 Å². The van der Waals surface area contributed by atoms with Gasteiger partial charge in [-0.3, -0.25) is 4.79 Å². The number of hydrogen-bond acceptors (Lipinski definition) is 5. The molecule has 0 unspecified atom stereocenters. The molecule has 0 atom stereocenters. The summed E-state index contributed by atoms with van der Waals surface area (Å²) in [4.78, 5) is 19.3. The Bertz CT molecular complexity index is 901. The Kier molecular flexibility index (Phi) is 4.71. The van der Waals surface area contributed by atoms with Crippen LogP contribution in [0.2, 0.25) is 0 Å². The largest absolute Gasteiger partial charge is 0.355 e. The summed E-state index contributed by atoms with van der Waals surface area (Å²) < 4.78 is 19.0. The van der Waals surface area contributed by atoms with Crippen LogP contribution in [0.25, 0.3) is 10.9 Å². The zero-order chi connectivity index (χ0) is 17.1. The molecule has 0 spiro atoms. The van der Waals surface area contributed by atoms with Gasteiger partial charge in [0.2, 0.25) is 5.89 Å². The number of aromatic nitrogens is 3. The molecule has 0 aliphatic rings. The number of nitrogens with one attached hydrogen (secondary N) is 2. The fraction of sp³-hybridized carbons (Fsp3) is 0.353. The lowest BCUT2D eigenvalue weighted by molar-refractivity contribution is 0.369. The summed E-state index contributed by atoms with van der Waals surface area (Å²) in [7, 11) is 0. The highest BCUT2D eigenvalue weighted by Gasteiger charge is 2.09. The highest BCUT2D eigenvalue weighted by molar-refractivity contribution is 5.78. The first-order valence-electron chi connectivity index (χ1n) is 7.88. The second-order valence-electron chi connectivity index (χ2n) is 5.95. The SMILES string of the molecule is CC(C)c1noc(CCNCc2cc(=O)c3cccc(F)c3[nH]2)n1. The lowest BCUT2D eigenvalue weighted by Crippen LogP contribution is -2.19. The third kappa shape index (κ3) is 3.51. The number of aromatic amines is 1. The Balaban J connectivity index is 1.61. The summed E-state index contributed by atoms with van der Waals surface area (Å²) in [6, 6.07) is 5.95. The molecule has 3 rings (SSSR count). The maximum Gasteiger partial charge on any atom is 0.227 e. The number of H-pyrrole nitrogens is 1. The van der Waals surface area contributed by atoms with Gasteiger partial charge in [-0.05, 0) is 12.1 Å². The zero-order valence-corrected chi connectivity index (χ0v) is 13.6. The predicted molar refractivity (Wildman–Crippen MR) is 88.3 cm³/mol. The molecule has 0 aliphatic carbocycles. The standard InChI is InChI=1S/C17H19FN4O2/c1-10(2)17-21-15(24-22-17)6-7-19-9-11-8-14(23)12-4-3-5-13(18)16(12)20-11/h3-5,8,10,19H,6-7,9H2,1-2H3,(H,20,23). The van der Waals surface area contributed by atoms with Crippen molar-refractivity contribution in [2.24, 2.45) is 0 Å². The van der Waals surface area contributed by atoms with Crippen molar-refractivity contribution in [3.05, 3.63) is 57.7 Å². The second kappa shape index (κ2) is 6.92. The second-order valence-corrected chi connectivity index (χ2v) is 5.95. The molecule has 0 saturated heterocycles. The number of halogens is 1. The summed E-state index contributed by atoms with van der Waals surface area (Å²) in [6.07, 6.45) is 0.589. The molecule has 0 fully saturated rings. The number of hydrogen-bond donors (Lipinski definition) is 2. The van der Waals surface area contributed by atoms with E-state index in [0.717, 1.165) is 0 Å². The topological polar surface area (TPSA) is 83.8 Å². The molecule has 7 heteroatoms. The van der Waals surface area contributed by atoms with Crippen LogP contribution in [-0.2, 0) is 13.0 Å². The van der Waals surface area contributed by atoms with Crippen molar-refractivity contribution < 1.29 is 8.91 Å². The van der Waals surface area contributed by atoms with E-state index in [0.29, 0.717) is 42.3 Å². The summed E-state index contributed by atoms with van der Waals surface area (Å²) in [5.74, 6) is 1.06. The minimum absolute atomic E-state index is 0.196. The highest BCUT2D eigenvalue weighted by Crippen LogP contribution is 2.12. The van der Waals surface area contributed by atoms with E-state index in [1.807, 2.05) is 13.8 Å². The van der Waals surface area contributed by atoms with Crippen LogP contribution in [-0.4, -0.2) is 21.7 Å². The van der Waals surface area contributed by atoms with Crippen molar-refractivity contribution in [2.45, 2.75) is 32.7 Å². The molecule has 0 radical (unpaired) electrons. The number of pyridine rings is 1. The normalized spacial score (nSPS) is 11.5. The maximum absolute atomic E-state index is 13.8. The van der Waals surface area contributed by atoms with E-state index in [2.05, 4.69) is 20.4 Å². The number of benzene rings is 1. The first kappa shape index (κ1) is 16.3. The molecule has 126 valence electrons. The van der Waals surface area contributed by atoms with E-state index in [-0.39, 0.29) is 16.9 Å². The number of fused-ring (bicyclic) bond motifs is 1. The van der Waals surface area contributed by atoms with Crippen LogP contribution in [0.3, 0.4) is 0 Å². The number of rotatable bonds is 6. The van der Waals surface area contributed by atoms with Crippen LogP contribution in [0.4, 0.5) is 4.39 Å². The van der Waals surface area contributed by atoms with E-state index in [1.54, 1.807) is 6.07 Å². The molecule has 0 amide bonds. The van der Waals surface area contributed by atoms with Gasteiger partial charge in [0.25, 0.3) is 0 Å². The van der Waals surface area contributed by atoms with Gasteiger partial charge < -0.3 is 14.8 Å². The summed E-state index contributed by atoms with van der Waals surface area (Å²) in [5, 5.41) is 7.44. The van der Waals surface area contributed by atoms with Crippen LogP contribution in [0.1, 0.15) is 37.2 Å². The molecular formula is C17H19FN4O2. The van der Waals surface area contributed by atoms with Crippen molar-refractivity contribution in [1.82, 2.24) is 20.4 Å². The van der Waals surface area contributed by atoms with Crippen molar-refractivity contribution in [3.63, 3.8) is 0 Å². The molecule has 1 aromatic carbocycles. The molecule has 2 heterocycles. The molecule has 0 aliphatic heterocycles. The maximum atomic E-state index is 13.8. The number of nitrogens with zero attached hydrogens (tertiary/aromatic N) is 2. The van der Waals surface area contributed by atoms with Crippen LogP contribution in [0, 0.1) is 5.82 Å². The zero-order valence-electron chi connectivity index (χ0n) is 13.6. The first-order valence-corrected chi connectivity index (χ1v) is 7.88. The summed E-state index contributed by atoms with van der Waals surface area (Å²) in [5.41, 5.74) is 0.671. The van der Waals surface area contributed by atoms with Gasteiger partial charge in [0, 0.05) is 42.6 Å². The Morgan fingerprint density at radius 3 is 2.96 bits per heavy atom. The van der Waals surface area contributed by atoms with Crippen molar-refractivity contribution >= 4 is 10.9 Å². The Morgan fingerprint density at radius 1 is 1.38 bits per heavy atom. The highest BCUT2D eigenvalue weighted by atomic mass is 19.1. The minimum atomic E-state index is -0.432. The number of para-hydroxylation sites is 1. The van der Waals surface area contributed by atoms with Gasteiger partial charge in [0.15, 0.2) is 11.3 Å². The van der Waals surface area contributed by atoms with Gasteiger partial charge in [-0.15, -0.1) is 0 Å². The van der Waals surface area contributed by atoms with Gasteiger partial charge in [-0.1, -0.05) is 25.1 Å². The Morgan fingerprint density at radius 2 is 2.21 bits per heavy atom. The molecule has 0 bridgehead atoms. The molecule has 3 aromatic rings. The van der Waals surface area contributed by atoms with E-state index in [1.165, 1.54) is 18.2 Å². The van der Waals surface area contributed by atoms with E-state index in [9.17, 15) is 9.18 Å². The van der Waals surface area contributed by atoms with Crippen LogP contribution in [0.5, 0.6) is 0 Å². The lowest BCUT2D eigenvalue weighted by atomic mass is 10.2. The Labute approximate surface area is 138 Å². The van der Waals surface area contributed by atoms with E-state index >= 15 is 0 Å². The Hall–Kier alpha value is -2.54. The average Bonchev–Trinajstić information content (AvgIpc) is 3.02. The fourth-order valence-corrected chi connectivity index (χ4v) is 2.41. The van der Waals surface area contributed by atoms with E-state index < -0.39 is 5.82 Å². The van der Waals surface area contributed by atoms with Crippen LogP contribution < -0.4 is 10.7 Å². The van der Waals surface area contributed by atoms with Gasteiger partial charge in [0.1, 0.15) is 5.82 Å². The smallest absolute Gasteiger partial charge is 0.227 e. The van der Waals surface area contributed by atoms with Gasteiger partial charge in [-0.2, -0.15) is 4.98 Å². The molecule has 6 nitrogen and oxygen atoms in total. The predicted octanol–water partition coefficient (Wildman–Crippen LogP) is 2.51. The van der Waals surface area contributed by atoms with Crippen molar-refractivity contribution in [1.29, 1.82) is 0 Å². The minimum Gasteiger partial charge on any atom is -0.355 e. The quantitative estimate of drug-likeness (QED) is 0.679. The molecule has 0 saturated carbocycles. The summed E-state index contributed by atoms with van der Waals surface area (Å²) in [6.45, 7) is 5.03. The van der Waals surface area contributed by atoms with Crippen LogP contribution >= 0.6 is 0 Å². The van der Waals surface area contributed by atoms with Crippen LogP contribution in [0.15, 0.2) is 33.6 Å². The van der Waals surface area contributed by atoms with Gasteiger partial charge >= 0.3 is 0 Å². The average molecular weight is 330 g/mol.